The van der Waals surface area contributed by atoms with Gasteiger partial charge in [-0.15, -0.1) is 0 Å². The third kappa shape index (κ3) is 24.9. The first-order valence-electron chi connectivity index (χ1n) is 7.09. The van der Waals surface area contributed by atoms with Crippen LogP contribution in [0.15, 0.2) is 0 Å². The van der Waals surface area contributed by atoms with E-state index < -0.39 is 10.4 Å². The summed E-state index contributed by atoms with van der Waals surface area (Å²) >= 11 is 0. The molecule has 0 aromatic rings. The monoisotopic (exact) mass is 282 g/mol. The fraction of sp³-hybridized carbons (Fsp3) is 1.00. The quantitative estimate of drug-likeness (QED) is 0.477. The Morgan fingerprint density at radius 3 is 1.50 bits per heavy atom. The van der Waals surface area contributed by atoms with E-state index in [1.54, 1.807) is 0 Å². The van der Waals surface area contributed by atoms with E-state index in [9.17, 15) is 8.42 Å². The summed E-state index contributed by atoms with van der Waals surface area (Å²) < 4.78 is 32.0. The van der Waals surface area contributed by atoms with Gasteiger partial charge in [0.25, 0.3) is 0 Å². The molecule has 0 fully saturated rings. The minimum absolute atomic E-state index is 0.0761. The molecule has 0 spiro atoms. The summed E-state index contributed by atoms with van der Waals surface area (Å²) in [6.45, 7) is 6.58. The van der Waals surface area contributed by atoms with Crippen LogP contribution in [-0.4, -0.2) is 19.6 Å². The molecule has 0 rings (SSSR count). The second-order valence-corrected chi connectivity index (χ2v) is 5.46. The topological polar surface area (TPSA) is 63.6 Å². The average molecular weight is 282 g/mol. The molecule has 0 amide bonds. The van der Waals surface area contributed by atoms with Crippen molar-refractivity contribution in [1.29, 1.82) is 0 Å². The fourth-order valence-electron chi connectivity index (χ4n) is 1.37. The summed E-state index contributed by atoms with van der Waals surface area (Å²) in [7, 11) is -4.20. The van der Waals surface area contributed by atoms with Crippen LogP contribution in [0.4, 0.5) is 0 Å². The lowest BCUT2D eigenvalue weighted by Crippen LogP contribution is -2.04. The summed E-state index contributed by atoms with van der Waals surface area (Å²) in [5, 5.41) is 0. The Morgan fingerprint density at radius 1 is 0.778 bits per heavy atom. The van der Waals surface area contributed by atoms with Crippen LogP contribution in [0, 0.1) is 0 Å². The highest BCUT2D eigenvalue weighted by Crippen LogP contribution is 2.03. The van der Waals surface area contributed by atoms with Gasteiger partial charge in [0.1, 0.15) is 0 Å². The molecule has 112 valence electrons. The first-order chi connectivity index (χ1) is 8.47. The van der Waals surface area contributed by atoms with Gasteiger partial charge in [0.2, 0.25) is 0 Å². The van der Waals surface area contributed by atoms with Crippen LogP contribution in [-0.2, 0) is 14.6 Å². The molecule has 0 radical (unpaired) electrons. The molecule has 0 aliphatic carbocycles. The van der Waals surface area contributed by atoms with E-state index in [0.717, 1.165) is 12.8 Å². The Bertz CT molecular complexity index is 231. The molecule has 0 saturated heterocycles. The molecule has 0 bridgehead atoms. The maximum atomic E-state index is 9.93. The third-order valence-corrected chi connectivity index (χ3v) is 2.90. The van der Waals surface area contributed by atoms with Crippen molar-refractivity contribution >= 4 is 10.4 Å². The normalized spacial score (nSPS) is 10.9. The van der Waals surface area contributed by atoms with Crippen LogP contribution >= 0.6 is 0 Å². The van der Waals surface area contributed by atoms with Gasteiger partial charge in [0, 0.05) is 0 Å². The van der Waals surface area contributed by atoms with E-state index in [-0.39, 0.29) is 6.61 Å². The molecule has 0 aromatic heterocycles. The highest BCUT2D eigenvalue weighted by Gasteiger charge is 2.01. The smallest absolute Gasteiger partial charge is 0.264 e. The summed E-state index contributed by atoms with van der Waals surface area (Å²) in [6.07, 6.45) is 11.1. The molecule has 0 aliphatic rings. The van der Waals surface area contributed by atoms with Gasteiger partial charge in [-0.2, -0.15) is 8.42 Å². The predicted octanol–water partition coefficient (Wildman–Crippen LogP) is 4.36. The third-order valence-electron chi connectivity index (χ3n) is 2.44. The van der Waals surface area contributed by atoms with Crippen molar-refractivity contribution < 1.29 is 17.2 Å². The molecule has 0 atom stereocenters. The van der Waals surface area contributed by atoms with Gasteiger partial charge in [0.05, 0.1) is 6.61 Å². The van der Waals surface area contributed by atoms with Crippen LogP contribution in [0.1, 0.15) is 78.6 Å². The summed E-state index contributed by atoms with van der Waals surface area (Å²) in [5.41, 5.74) is 0. The number of rotatable bonds is 10. The summed E-state index contributed by atoms with van der Waals surface area (Å²) in [5.74, 6) is 0. The van der Waals surface area contributed by atoms with Crippen LogP contribution in [0.5, 0.6) is 0 Å². The van der Waals surface area contributed by atoms with Crippen molar-refractivity contribution in [2.24, 2.45) is 0 Å². The van der Waals surface area contributed by atoms with Crippen LogP contribution in [0.3, 0.4) is 0 Å². The molecular weight excluding hydrogens is 252 g/mol. The SMILES string of the molecule is CCCCCCCC.CCCCCOS(=O)(=O)O. The molecule has 1 N–H and O–H groups in total. The predicted molar refractivity (Wildman–Crippen MR) is 76.1 cm³/mol. The highest BCUT2D eigenvalue weighted by atomic mass is 32.3. The molecule has 5 heteroatoms. The Morgan fingerprint density at radius 2 is 1.17 bits per heavy atom. The number of hydrogen-bond donors (Lipinski definition) is 1. The van der Waals surface area contributed by atoms with Gasteiger partial charge in [-0.05, 0) is 6.42 Å². The Labute approximate surface area is 113 Å². The molecule has 0 unspecified atom stereocenters. The standard InChI is InChI=1S/C8H18.C5H12O4S/c1-3-5-7-8-6-4-2;1-2-3-4-5-9-10(6,7)8/h3-8H2,1-2H3;2-5H2,1H3,(H,6,7,8). The highest BCUT2D eigenvalue weighted by molar-refractivity contribution is 7.80. The Kier molecular flexibility index (Phi) is 16.7. The van der Waals surface area contributed by atoms with E-state index in [1.807, 2.05) is 6.92 Å². The van der Waals surface area contributed by atoms with Gasteiger partial charge in [-0.1, -0.05) is 72.1 Å². The van der Waals surface area contributed by atoms with E-state index >= 15 is 0 Å². The van der Waals surface area contributed by atoms with Gasteiger partial charge in [0.15, 0.2) is 0 Å². The molecule has 0 aliphatic heterocycles. The molecule has 18 heavy (non-hydrogen) atoms. The maximum Gasteiger partial charge on any atom is 0.397 e. The maximum absolute atomic E-state index is 9.93. The molecular formula is C13H30O4S. The molecule has 0 heterocycles. The zero-order valence-electron chi connectivity index (χ0n) is 12.2. The first kappa shape index (κ1) is 20.2. The van der Waals surface area contributed by atoms with Gasteiger partial charge in [-0.25, -0.2) is 4.18 Å². The van der Waals surface area contributed by atoms with Crippen molar-refractivity contribution in [3.05, 3.63) is 0 Å². The van der Waals surface area contributed by atoms with Crippen molar-refractivity contribution in [1.82, 2.24) is 0 Å². The minimum atomic E-state index is -4.20. The van der Waals surface area contributed by atoms with Crippen molar-refractivity contribution in [3.63, 3.8) is 0 Å². The molecule has 0 aromatic carbocycles. The largest absolute Gasteiger partial charge is 0.397 e. The van der Waals surface area contributed by atoms with Gasteiger partial charge < -0.3 is 0 Å². The fourth-order valence-corrected chi connectivity index (χ4v) is 1.70. The first-order valence-corrected chi connectivity index (χ1v) is 8.46. The van der Waals surface area contributed by atoms with Crippen LogP contribution in [0.2, 0.25) is 0 Å². The van der Waals surface area contributed by atoms with Gasteiger partial charge in [-0.3, -0.25) is 4.55 Å². The summed E-state index contributed by atoms with van der Waals surface area (Å²) in [4.78, 5) is 0. The Hall–Kier alpha value is -0.130. The number of unbranched alkanes of at least 4 members (excludes halogenated alkanes) is 7. The number of hydrogen-bond acceptors (Lipinski definition) is 3. The van der Waals surface area contributed by atoms with Crippen molar-refractivity contribution in [3.8, 4) is 0 Å². The summed E-state index contributed by atoms with van der Waals surface area (Å²) in [6, 6.07) is 0. The van der Waals surface area contributed by atoms with Crippen molar-refractivity contribution in [2.75, 3.05) is 6.61 Å². The second-order valence-electron chi connectivity index (χ2n) is 4.37. The van der Waals surface area contributed by atoms with Crippen molar-refractivity contribution in [2.45, 2.75) is 78.6 Å². The van der Waals surface area contributed by atoms with Crippen LogP contribution in [0.25, 0.3) is 0 Å². The van der Waals surface area contributed by atoms with E-state index in [2.05, 4.69) is 18.0 Å². The minimum Gasteiger partial charge on any atom is -0.264 e. The van der Waals surface area contributed by atoms with Gasteiger partial charge >= 0.3 is 10.4 Å². The lowest BCUT2D eigenvalue weighted by Gasteiger charge is -1.96. The Balaban J connectivity index is 0. The van der Waals surface area contributed by atoms with Crippen LogP contribution < -0.4 is 0 Å². The zero-order chi connectivity index (χ0) is 14.3. The second kappa shape index (κ2) is 14.9. The van der Waals surface area contributed by atoms with E-state index in [0.29, 0.717) is 6.42 Å². The van der Waals surface area contributed by atoms with E-state index in [4.69, 9.17) is 4.55 Å². The van der Waals surface area contributed by atoms with E-state index in [1.165, 1.54) is 38.5 Å². The molecule has 0 saturated carbocycles. The zero-order valence-corrected chi connectivity index (χ0v) is 13.0. The molecule has 4 nitrogen and oxygen atoms in total. The average Bonchev–Trinajstić information content (AvgIpc) is 2.30. The lowest BCUT2D eigenvalue weighted by atomic mass is 10.1. The lowest BCUT2D eigenvalue weighted by molar-refractivity contribution is 0.262.